The van der Waals surface area contributed by atoms with E-state index in [9.17, 15) is 4.79 Å². The highest BCUT2D eigenvalue weighted by Gasteiger charge is 2.13. The summed E-state index contributed by atoms with van der Waals surface area (Å²) < 4.78 is 11.4. The van der Waals surface area contributed by atoms with E-state index in [1.54, 1.807) is 14.0 Å². The van der Waals surface area contributed by atoms with Gasteiger partial charge in [-0.2, -0.15) is 0 Å². The average molecular weight is 379 g/mol. The smallest absolute Gasteiger partial charge is 0.306 e. The number of para-hydroxylation sites is 2. The number of aromatic nitrogens is 1. The van der Waals surface area contributed by atoms with E-state index in [1.165, 1.54) is 0 Å². The van der Waals surface area contributed by atoms with Gasteiger partial charge < -0.3 is 14.6 Å². The molecule has 0 saturated heterocycles. The predicted octanol–water partition coefficient (Wildman–Crippen LogP) is 5.18. The Hall–Kier alpha value is -3.08. The van der Waals surface area contributed by atoms with Gasteiger partial charge in [0.05, 0.1) is 25.2 Å². The Kier molecular flexibility index (Phi) is 6.48. The molecule has 5 heteroatoms. The van der Waals surface area contributed by atoms with Gasteiger partial charge in [-0.15, -0.1) is 0 Å². The van der Waals surface area contributed by atoms with Gasteiger partial charge in [-0.05, 0) is 31.4 Å². The van der Waals surface area contributed by atoms with Crippen LogP contribution in [0.4, 0.5) is 0 Å². The molecule has 1 atom stereocenters. The second-order valence-electron chi connectivity index (χ2n) is 6.81. The summed E-state index contributed by atoms with van der Waals surface area (Å²) in [6.07, 6.45) is 2.24. The van der Waals surface area contributed by atoms with Crippen LogP contribution in [0.2, 0.25) is 0 Å². The lowest BCUT2D eigenvalue weighted by Crippen LogP contribution is -2.09. The number of nitrogens with zero attached hydrogens (tertiary/aromatic N) is 1. The number of aliphatic carboxylic acids is 1. The molecule has 1 N–H and O–H groups in total. The molecule has 0 amide bonds. The van der Waals surface area contributed by atoms with Gasteiger partial charge in [-0.3, -0.25) is 4.79 Å². The fourth-order valence-electron chi connectivity index (χ4n) is 3.17. The van der Waals surface area contributed by atoms with E-state index in [0.717, 1.165) is 40.6 Å². The summed E-state index contributed by atoms with van der Waals surface area (Å²) >= 11 is 0. The zero-order chi connectivity index (χ0) is 19.9. The van der Waals surface area contributed by atoms with Crippen LogP contribution in [0, 0.1) is 5.92 Å². The van der Waals surface area contributed by atoms with Crippen molar-refractivity contribution in [1.82, 2.24) is 4.98 Å². The zero-order valence-corrected chi connectivity index (χ0v) is 16.2. The molecule has 0 radical (unpaired) electrons. The maximum Gasteiger partial charge on any atom is 0.306 e. The first-order valence-electron chi connectivity index (χ1n) is 9.49. The molecule has 0 fully saturated rings. The fourth-order valence-corrected chi connectivity index (χ4v) is 3.17. The van der Waals surface area contributed by atoms with Crippen LogP contribution in [0.25, 0.3) is 22.0 Å². The van der Waals surface area contributed by atoms with Gasteiger partial charge in [0, 0.05) is 22.6 Å². The van der Waals surface area contributed by atoms with E-state index in [4.69, 9.17) is 14.6 Å². The number of benzene rings is 2. The first kappa shape index (κ1) is 19.7. The molecular formula is C23H25NO4. The van der Waals surface area contributed by atoms with E-state index < -0.39 is 5.97 Å². The van der Waals surface area contributed by atoms with E-state index in [2.05, 4.69) is 4.98 Å². The zero-order valence-electron chi connectivity index (χ0n) is 16.2. The normalized spacial score (nSPS) is 11.9. The van der Waals surface area contributed by atoms with Gasteiger partial charge in [0.1, 0.15) is 5.75 Å². The SMILES string of the molecule is COc1ccccc1-c1cc(OCCCCC(C)C(=O)O)nc2ccccc12. The number of rotatable bonds is 9. The van der Waals surface area contributed by atoms with Crippen LogP contribution in [0.15, 0.2) is 54.6 Å². The molecule has 2 aromatic carbocycles. The van der Waals surface area contributed by atoms with Crippen molar-refractivity contribution in [3.05, 3.63) is 54.6 Å². The number of ether oxygens (including phenoxy) is 2. The van der Waals surface area contributed by atoms with Crippen LogP contribution in [-0.4, -0.2) is 29.8 Å². The van der Waals surface area contributed by atoms with E-state index in [1.807, 2.05) is 54.6 Å². The standard InChI is InChI=1S/C23H25NO4/c1-16(23(25)26)9-7-8-14-28-22-15-19(17-10-3-5-12-20(17)24-22)18-11-4-6-13-21(18)27-2/h3-6,10-13,15-16H,7-9,14H2,1-2H3,(H,25,26). The van der Waals surface area contributed by atoms with Gasteiger partial charge in [0.25, 0.3) is 0 Å². The number of carbonyl (C=O) groups is 1. The highest BCUT2D eigenvalue weighted by Crippen LogP contribution is 2.36. The maximum absolute atomic E-state index is 10.9. The van der Waals surface area contributed by atoms with E-state index in [0.29, 0.717) is 18.9 Å². The molecule has 3 rings (SSSR count). The quantitative estimate of drug-likeness (QED) is 0.519. The molecule has 1 unspecified atom stereocenters. The molecule has 3 aromatic rings. The van der Waals surface area contributed by atoms with Crippen molar-refractivity contribution in [2.45, 2.75) is 26.2 Å². The molecule has 0 bridgehead atoms. The Bertz CT molecular complexity index is 954. The van der Waals surface area contributed by atoms with Crippen LogP contribution in [-0.2, 0) is 4.79 Å². The first-order valence-corrected chi connectivity index (χ1v) is 9.49. The number of hydrogen-bond donors (Lipinski definition) is 1. The molecule has 146 valence electrons. The second kappa shape index (κ2) is 9.22. The predicted molar refractivity (Wildman–Crippen MR) is 110 cm³/mol. The van der Waals surface area contributed by atoms with Crippen LogP contribution in [0.1, 0.15) is 26.2 Å². The van der Waals surface area contributed by atoms with Crippen LogP contribution < -0.4 is 9.47 Å². The molecule has 0 aliphatic rings. The van der Waals surface area contributed by atoms with E-state index in [-0.39, 0.29) is 5.92 Å². The van der Waals surface area contributed by atoms with Crippen molar-refractivity contribution in [3.8, 4) is 22.8 Å². The summed E-state index contributed by atoms with van der Waals surface area (Å²) in [6, 6.07) is 17.8. The second-order valence-corrected chi connectivity index (χ2v) is 6.81. The monoisotopic (exact) mass is 379 g/mol. The van der Waals surface area contributed by atoms with Crippen molar-refractivity contribution in [2.75, 3.05) is 13.7 Å². The summed E-state index contributed by atoms with van der Waals surface area (Å²) in [7, 11) is 1.66. The Morgan fingerprint density at radius 3 is 2.61 bits per heavy atom. The number of hydrogen-bond acceptors (Lipinski definition) is 4. The topological polar surface area (TPSA) is 68.7 Å². The number of methoxy groups -OCH3 is 1. The Morgan fingerprint density at radius 2 is 1.82 bits per heavy atom. The minimum atomic E-state index is -0.751. The number of pyridine rings is 1. The lowest BCUT2D eigenvalue weighted by atomic mass is 10.0. The number of fused-ring (bicyclic) bond motifs is 1. The molecule has 5 nitrogen and oxygen atoms in total. The Morgan fingerprint density at radius 1 is 1.07 bits per heavy atom. The summed E-state index contributed by atoms with van der Waals surface area (Å²) in [5.74, 6) is 0.285. The summed E-state index contributed by atoms with van der Waals surface area (Å²) in [4.78, 5) is 15.5. The van der Waals surface area contributed by atoms with E-state index >= 15 is 0 Å². The molecule has 0 saturated carbocycles. The molecule has 0 aliphatic carbocycles. The van der Waals surface area contributed by atoms with Gasteiger partial charge in [-0.1, -0.05) is 43.3 Å². The third-order valence-corrected chi connectivity index (χ3v) is 4.79. The van der Waals surface area contributed by atoms with Crippen molar-refractivity contribution in [1.29, 1.82) is 0 Å². The first-order chi connectivity index (χ1) is 13.6. The maximum atomic E-state index is 10.9. The summed E-state index contributed by atoms with van der Waals surface area (Å²) in [5, 5.41) is 9.98. The largest absolute Gasteiger partial charge is 0.496 e. The minimum Gasteiger partial charge on any atom is -0.496 e. The number of carboxylic acid groups (broad SMARTS) is 1. The number of carboxylic acids is 1. The minimum absolute atomic E-state index is 0.323. The van der Waals surface area contributed by atoms with Gasteiger partial charge >= 0.3 is 5.97 Å². The van der Waals surface area contributed by atoms with Crippen molar-refractivity contribution in [3.63, 3.8) is 0 Å². The molecule has 1 heterocycles. The van der Waals surface area contributed by atoms with Gasteiger partial charge in [0.15, 0.2) is 0 Å². The average Bonchev–Trinajstić information content (AvgIpc) is 2.72. The van der Waals surface area contributed by atoms with Crippen LogP contribution in [0.3, 0.4) is 0 Å². The van der Waals surface area contributed by atoms with Crippen LogP contribution in [0.5, 0.6) is 11.6 Å². The fraction of sp³-hybridized carbons (Fsp3) is 0.304. The highest BCUT2D eigenvalue weighted by atomic mass is 16.5. The van der Waals surface area contributed by atoms with Gasteiger partial charge in [-0.25, -0.2) is 4.98 Å². The third-order valence-electron chi connectivity index (χ3n) is 4.79. The lowest BCUT2D eigenvalue weighted by Gasteiger charge is -2.13. The van der Waals surface area contributed by atoms with Gasteiger partial charge in [0.2, 0.25) is 5.88 Å². The highest BCUT2D eigenvalue weighted by molar-refractivity contribution is 5.96. The van der Waals surface area contributed by atoms with Crippen molar-refractivity contribution >= 4 is 16.9 Å². The summed E-state index contributed by atoms with van der Waals surface area (Å²) in [5.41, 5.74) is 2.86. The lowest BCUT2D eigenvalue weighted by molar-refractivity contribution is -0.141. The molecule has 1 aromatic heterocycles. The van der Waals surface area contributed by atoms with Crippen LogP contribution >= 0.6 is 0 Å². The third kappa shape index (κ3) is 4.60. The Labute approximate surface area is 164 Å². The summed E-state index contributed by atoms with van der Waals surface area (Å²) in [6.45, 7) is 2.23. The Balaban J connectivity index is 1.80. The van der Waals surface area contributed by atoms with Crippen molar-refractivity contribution < 1.29 is 19.4 Å². The van der Waals surface area contributed by atoms with Crippen molar-refractivity contribution in [2.24, 2.45) is 5.92 Å². The molecule has 28 heavy (non-hydrogen) atoms. The molecule has 0 aliphatic heterocycles. The molecular weight excluding hydrogens is 354 g/mol. The number of unbranched alkanes of at least 4 members (excludes halogenated alkanes) is 1. The molecule has 0 spiro atoms.